The second-order valence-corrected chi connectivity index (χ2v) is 17.5. The maximum Gasteiger partial charge on any atom is 0.501 e. The van der Waals surface area contributed by atoms with Gasteiger partial charge in [0.2, 0.25) is 0 Å². The first-order chi connectivity index (χ1) is 23.3. The van der Waals surface area contributed by atoms with Gasteiger partial charge in [0.05, 0.1) is 96.2 Å². The third-order valence-corrected chi connectivity index (χ3v) is 11.9. The molecule has 0 aliphatic heterocycles. The molecule has 0 aromatic heterocycles. The summed E-state index contributed by atoms with van der Waals surface area (Å²) in [5.74, 6) is 0. The Morgan fingerprint density at radius 1 is 0.490 bits per heavy atom. The van der Waals surface area contributed by atoms with Crippen molar-refractivity contribution in [2.24, 2.45) is 17.2 Å². The molecule has 0 spiro atoms. The molecule has 15 heteroatoms. The van der Waals surface area contributed by atoms with Crippen LogP contribution in [0.25, 0.3) is 0 Å². The first-order valence-corrected chi connectivity index (χ1v) is 20.7. The SMILES string of the molecule is CCCCCCCCCCCCCCCCCC[N+](C)([O-])CCC[Si](OCC(N)(CO)CO)(OCC(N)(CO)CO)OCC(N)(CO)CO. The lowest BCUT2D eigenvalue weighted by Crippen LogP contribution is -2.61. The van der Waals surface area contributed by atoms with Gasteiger partial charge in [-0.15, -0.1) is 0 Å². The molecule has 0 radical (unpaired) electrons. The molecule has 0 rings (SSSR count). The van der Waals surface area contributed by atoms with Crippen molar-refractivity contribution < 1.29 is 48.6 Å². The summed E-state index contributed by atoms with van der Waals surface area (Å²) in [4.78, 5) is 0. The smallest absolute Gasteiger partial charge is 0.501 e. The van der Waals surface area contributed by atoms with Gasteiger partial charge in [-0.25, -0.2) is 0 Å². The Morgan fingerprint density at radius 3 is 1.04 bits per heavy atom. The van der Waals surface area contributed by atoms with E-state index in [0.717, 1.165) is 19.3 Å². The normalized spacial score (nSPS) is 14.4. The van der Waals surface area contributed by atoms with Crippen LogP contribution < -0.4 is 17.2 Å². The lowest BCUT2D eigenvalue weighted by Gasteiger charge is -2.41. The Labute approximate surface area is 297 Å². The number of hydroxylamine groups is 3. The van der Waals surface area contributed by atoms with E-state index < -0.39 is 89.5 Å². The Kier molecular flexibility index (Phi) is 27.1. The largest absolute Gasteiger partial charge is 0.633 e. The van der Waals surface area contributed by atoms with Crippen molar-refractivity contribution in [2.75, 3.05) is 79.6 Å². The zero-order valence-electron chi connectivity index (χ0n) is 31.0. The molecule has 0 saturated carbocycles. The summed E-state index contributed by atoms with van der Waals surface area (Å²) < 4.78 is 17.7. The molecule has 0 fully saturated rings. The van der Waals surface area contributed by atoms with Crippen molar-refractivity contribution in [3.63, 3.8) is 0 Å². The highest BCUT2D eigenvalue weighted by Gasteiger charge is 2.47. The van der Waals surface area contributed by atoms with Gasteiger partial charge in [-0.2, -0.15) is 0 Å². The van der Waals surface area contributed by atoms with Crippen LogP contribution in [0.2, 0.25) is 6.04 Å². The van der Waals surface area contributed by atoms with E-state index in [1.54, 1.807) is 7.05 Å². The van der Waals surface area contributed by atoms with E-state index in [-0.39, 0.29) is 19.0 Å². The van der Waals surface area contributed by atoms with Crippen molar-refractivity contribution in [3.8, 4) is 0 Å². The number of quaternary nitrogens is 1. The molecule has 0 aliphatic carbocycles. The monoisotopic (exact) mass is 729 g/mol. The third-order valence-electron chi connectivity index (χ3n) is 9.23. The molecule has 0 aliphatic rings. The van der Waals surface area contributed by atoms with Crippen LogP contribution >= 0.6 is 0 Å². The van der Waals surface area contributed by atoms with E-state index in [0.29, 0.717) is 6.54 Å². The van der Waals surface area contributed by atoms with Crippen molar-refractivity contribution in [1.82, 2.24) is 0 Å². The lowest BCUT2D eigenvalue weighted by atomic mass is 10.0. The van der Waals surface area contributed by atoms with Gasteiger partial charge in [-0.3, -0.25) is 0 Å². The van der Waals surface area contributed by atoms with Gasteiger partial charge in [0.1, 0.15) is 0 Å². The Bertz CT molecular complexity index is 720. The van der Waals surface area contributed by atoms with Gasteiger partial charge in [0.25, 0.3) is 0 Å². The van der Waals surface area contributed by atoms with Gasteiger partial charge < -0.3 is 71.0 Å². The third kappa shape index (κ3) is 23.0. The second-order valence-electron chi connectivity index (χ2n) is 14.7. The number of nitrogens with two attached hydrogens (primary N) is 3. The lowest BCUT2D eigenvalue weighted by molar-refractivity contribution is -0.861. The maximum atomic E-state index is 13.3. The van der Waals surface area contributed by atoms with E-state index in [9.17, 15) is 35.8 Å². The predicted octanol–water partition coefficient (Wildman–Crippen LogP) is 1.62. The molecule has 0 bridgehead atoms. The summed E-state index contributed by atoms with van der Waals surface area (Å²) >= 11 is 0. The molecule has 0 saturated heterocycles. The fourth-order valence-electron chi connectivity index (χ4n) is 5.26. The van der Waals surface area contributed by atoms with E-state index in [1.165, 1.54) is 83.5 Å². The number of unbranched alkanes of at least 4 members (excludes halogenated alkanes) is 15. The van der Waals surface area contributed by atoms with Crippen LogP contribution in [0.1, 0.15) is 116 Å². The number of aliphatic hydroxyl groups excluding tert-OH is 6. The molecule has 0 heterocycles. The minimum absolute atomic E-state index is 0.0643. The van der Waals surface area contributed by atoms with E-state index in [2.05, 4.69) is 6.92 Å². The molecule has 12 N–H and O–H groups in total. The van der Waals surface area contributed by atoms with E-state index >= 15 is 0 Å². The highest BCUT2D eigenvalue weighted by molar-refractivity contribution is 6.60. The number of nitrogens with zero attached hydrogens (tertiary/aromatic N) is 1. The molecule has 1 unspecified atom stereocenters. The molecule has 0 amide bonds. The molecule has 49 heavy (non-hydrogen) atoms. The highest BCUT2D eigenvalue weighted by atomic mass is 28.4. The number of rotatable bonds is 36. The summed E-state index contributed by atoms with van der Waals surface area (Å²) in [6.45, 7) is -2.02. The number of hydrogen-bond donors (Lipinski definition) is 9. The van der Waals surface area contributed by atoms with Crippen LogP contribution in [0.5, 0.6) is 0 Å². The molecule has 0 aromatic carbocycles. The molecule has 296 valence electrons. The summed E-state index contributed by atoms with van der Waals surface area (Å²) in [7, 11) is -2.34. The fourth-order valence-corrected chi connectivity index (χ4v) is 8.06. The first kappa shape index (κ1) is 48.7. The Morgan fingerprint density at radius 2 is 0.755 bits per heavy atom. The van der Waals surface area contributed by atoms with E-state index in [4.69, 9.17) is 30.5 Å². The molecule has 14 nitrogen and oxygen atoms in total. The molecule has 0 aromatic rings. The van der Waals surface area contributed by atoms with Crippen molar-refractivity contribution in [3.05, 3.63) is 5.21 Å². The minimum atomic E-state index is -3.95. The summed E-state index contributed by atoms with van der Waals surface area (Å²) in [5.41, 5.74) is 13.5. The number of aliphatic hydroxyl groups is 6. The average molecular weight is 729 g/mol. The van der Waals surface area contributed by atoms with Crippen molar-refractivity contribution in [2.45, 2.75) is 139 Å². The molecular formula is C34H76N4O10Si. The zero-order valence-corrected chi connectivity index (χ0v) is 32.0. The second kappa shape index (κ2) is 27.3. The summed E-state index contributed by atoms with van der Waals surface area (Å²) in [6.07, 6.45) is 20.4. The number of hydrogen-bond acceptors (Lipinski definition) is 13. The van der Waals surface area contributed by atoms with Crippen molar-refractivity contribution >= 4 is 8.80 Å². The first-order valence-electron chi connectivity index (χ1n) is 18.7. The predicted molar refractivity (Wildman–Crippen MR) is 195 cm³/mol. The van der Waals surface area contributed by atoms with Crippen LogP contribution in [-0.2, 0) is 13.3 Å². The minimum Gasteiger partial charge on any atom is -0.633 e. The standard InChI is InChI=1S/C34H76N4O10Si/c1-3-4-5-6-7-8-9-10-11-12-13-14-15-16-17-18-20-38(2,45)21-19-22-49(46-29-32(35,23-39)24-40,47-30-33(36,25-41)26-42)48-31-34(37,27-43)28-44/h39-44H,3-31,35-37H2,1-2H3. The summed E-state index contributed by atoms with van der Waals surface area (Å²) in [5, 5.41) is 71.7. The van der Waals surface area contributed by atoms with Gasteiger partial charge in [-0.05, 0) is 12.8 Å². The van der Waals surface area contributed by atoms with Crippen LogP contribution in [-0.4, -0.2) is 140 Å². The highest BCUT2D eigenvalue weighted by Crippen LogP contribution is 2.24. The maximum absolute atomic E-state index is 13.3. The Balaban J connectivity index is 4.95. The van der Waals surface area contributed by atoms with Gasteiger partial charge >= 0.3 is 8.80 Å². The van der Waals surface area contributed by atoms with Crippen LogP contribution in [0, 0.1) is 5.21 Å². The van der Waals surface area contributed by atoms with Crippen molar-refractivity contribution in [1.29, 1.82) is 0 Å². The van der Waals surface area contributed by atoms with Gasteiger partial charge in [0.15, 0.2) is 0 Å². The molecule has 1 atom stereocenters. The zero-order chi connectivity index (χ0) is 37.1. The fraction of sp³-hybridized carbons (Fsp3) is 1.00. The van der Waals surface area contributed by atoms with E-state index in [1.807, 2.05) is 0 Å². The average Bonchev–Trinajstić information content (AvgIpc) is 3.11. The molecular weight excluding hydrogens is 652 g/mol. The van der Waals surface area contributed by atoms with Crippen LogP contribution in [0.3, 0.4) is 0 Å². The van der Waals surface area contributed by atoms with Crippen LogP contribution in [0.15, 0.2) is 0 Å². The summed E-state index contributed by atoms with van der Waals surface area (Å²) in [6, 6.07) is 0.0643. The quantitative estimate of drug-likeness (QED) is 0.0193. The van der Waals surface area contributed by atoms with Gasteiger partial charge in [-0.1, -0.05) is 96.8 Å². The topological polar surface area (TPSA) is 250 Å². The van der Waals surface area contributed by atoms with Crippen LogP contribution in [0.4, 0.5) is 0 Å². The van der Waals surface area contributed by atoms with Gasteiger partial charge in [0, 0.05) is 12.5 Å². The Hall–Kier alpha value is -0.343.